The number of rotatable bonds is 8. The Bertz CT molecular complexity index is 719. The zero-order valence-corrected chi connectivity index (χ0v) is 16.8. The molecule has 2 nitrogen and oxygen atoms in total. The molecular weight excluding hydrogens is 364 g/mol. The van der Waals surface area contributed by atoms with Crippen molar-refractivity contribution in [3.63, 3.8) is 0 Å². The largest absolute Gasteiger partial charge is 0.392 e. The van der Waals surface area contributed by atoms with Gasteiger partial charge in [0.2, 0.25) is 0 Å². The molecule has 148 valence electrons. The molecule has 2 N–H and O–H groups in total. The van der Waals surface area contributed by atoms with Crippen LogP contribution in [0.15, 0.2) is 29.6 Å². The first-order valence-corrected chi connectivity index (χ1v) is 10.8. The molecule has 27 heavy (non-hydrogen) atoms. The molecule has 0 aliphatic heterocycles. The van der Waals surface area contributed by atoms with Crippen LogP contribution in [0.3, 0.4) is 0 Å². The van der Waals surface area contributed by atoms with Crippen LogP contribution in [-0.4, -0.2) is 17.8 Å². The van der Waals surface area contributed by atoms with Gasteiger partial charge in [-0.1, -0.05) is 26.2 Å². The number of hydrogen-bond donors (Lipinski definition) is 2. The van der Waals surface area contributed by atoms with Crippen LogP contribution in [-0.2, 0) is 18.4 Å². The second-order valence-electron chi connectivity index (χ2n) is 7.67. The Morgan fingerprint density at radius 1 is 1.07 bits per heavy atom. The number of halogens is 2. The predicted octanol–water partition coefficient (Wildman–Crippen LogP) is 5.33. The van der Waals surface area contributed by atoms with E-state index in [4.69, 9.17) is 0 Å². The zero-order valence-electron chi connectivity index (χ0n) is 15.9. The monoisotopic (exact) mass is 393 g/mol. The smallest absolute Gasteiger partial charge is 0.126 e. The second kappa shape index (κ2) is 9.26. The quantitative estimate of drug-likeness (QED) is 0.635. The fraction of sp³-hybridized carbons (Fsp3) is 0.545. The van der Waals surface area contributed by atoms with E-state index in [1.807, 2.05) is 11.3 Å². The maximum absolute atomic E-state index is 13.3. The molecule has 1 saturated carbocycles. The van der Waals surface area contributed by atoms with Crippen molar-refractivity contribution in [1.82, 2.24) is 5.32 Å². The molecule has 2 aromatic rings. The Morgan fingerprint density at radius 2 is 1.78 bits per heavy atom. The molecule has 0 radical (unpaired) electrons. The average molecular weight is 394 g/mol. The number of thiophene rings is 1. The standard InChI is InChI=1S/C22H29F2NOS/c1-2-16-12-21(27-15-16)22(8-4-3-5-9-22)25-14-20(26)7-6-17-10-18(23)13-19(24)11-17/h10-13,15,20,25-26H,2-9,14H2,1H3/t20-/m0/s1. The van der Waals surface area contributed by atoms with Gasteiger partial charge in [-0.2, -0.15) is 0 Å². The molecule has 1 fully saturated rings. The normalized spacial score (nSPS) is 17.8. The summed E-state index contributed by atoms with van der Waals surface area (Å²) in [6, 6.07) is 5.86. The molecule has 0 saturated heterocycles. The lowest BCUT2D eigenvalue weighted by atomic mass is 9.80. The molecule has 5 heteroatoms. The minimum Gasteiger partial charge on any atom is -0.392 e. The molecule has 1 aromatic carbocycles. The summed E-state index contributed by atoms with van der Waals surface area (Å²) in [7, 11) is 0. The molecule has 1 atom stereocenters. The van der Waals surface area contributed by atoms with Crippen molar-refractivity contribution < 1.29 is 13.9 Å². The van der Waals surface area contributed by atoms with E-state index < -0.39 is 17.7 Å². The molecular formula is C22H29F2NOS. The average Bonchev–Trinajstić information content (AvgIpc) is 3.15. The van der Waals surface area contributed by atoms with Gasteiger partial charge in [0, 0.05) is 17.5 Å². The molecule has 1 heterocycles. The lowest BCUT2D eigenvalue weighted by Gasteiger charge is -2.38. The highest BCUT2D eigenvalue weighted by Crippen LogP contribution is 2.40. The van der Waals surface area contributed by atoms with Gasteiger partial charge < -0.3 is 10.4 Å². The summed E-state index contributed by atoms with van der Waals surface area (Å²) < 4.78 is 26.6. The molecule has 3 rings (SSSR count). The Labute approximate surface area is 164 Å². The number of aryl methyl sites for hydroxylation is 2. The summed E-state index contributed by atoms with van der Waals surface area (Å²) in [5, 5.41) is 16.3. The summed E-state index contributed by atoms with van der Waals surface area (Å²) in [5.74, 6) is -1.13. The number of nitrogens with one attached hydrogen (secondary N) is 1. The molecule has 0 spiro atoms. The van der Waals surface area contributed by atoms with Crippen molar-refractivity contribution in [2.75, 3.05) is 6.54 Å². The third-order valence-corrected chi connectivity index (χ3v) is 6.79. The van der Waals surface area contributed by atoms with Gasteiger partial charge in [0.05, 0.1) is 11.6 Å². The van der Waals surface area contributed by atoms with E-state index >= 15 is 0 Å². The van der Waals surface area contributed by atoms with Gasteiger partial charge in [0.15, 0.2) is 0 Å². The first-order chi connectivity index (χ1) is 13.0. The second-order valence-corrected chi connectivity index (χ2v) is 8.58. The number of aliphatic hydroxyl groups is 1. The van der Waals surface area contributed by atoms with Crippen LogP contribution in [0.4, 0.5) is 8.78 Å². The van der Waals surface area contributed by atoms with Gasteiger partial charge in [-0.3, -0.25) is 0 Å². The van der Waals surface area contributed by atoms with Crippen LogP contribution in [0.1, 0.15) is 61.5 Å². The van der Waals surface area contributed by atoms with Gasteiger partial charge in [0.25, 0.3) is 0 Å². The lowest BCUT2D eigenvalue weighted by Crippen LogP contribution is -2.46. The highest BCUT2D eigenvalue weighted by Gasteiger charge is 2.35. The van der Waals surface area contributed by atoms with Gasteiger partial charge in [-0.25, -0.2) is 8.78 Å². The molecule has 0 unspecified atom stereocenters. The zero-order chi connectivity index (χ0) is 19.3. The van der Waals surface area contributed by atoms with Gasteiger partial charge in [-0.15, -0.1) is 11.3 Å². The number of aliphatic hydroxyl groups excluding tert-OH is 1. The van der Waals surface area contributed by atoms with Crippen LogP contribution in [0.5, 0.6) is 0 Å². The van der Waals surface area contributed by atoms with Crippen molar-refractivity contribution in [3.05, 3.63) is 57.3 Å². The van der Waals surface area contributed by atoms with Crippen LogP contribution in [0, 0.1) is 11.6 Å². The van der Waals surface area contributed by atoms with Crippen molar-refractivity contribution in [1.29, 1.82) is 0 Å². The van der Waals surface area contributed by atoms with Crippen LogP contribution < -0.4 is 5.32 Å². The Hall–Kier alpha value is -1.30. The maximum atomic E-state index is 13.3. The Morgan fingerprint density at radius 3 is 2.41 bits per heavy atom. The van der Waals surface area contributed by atoms with Crippen molar-refractivity contribution in [3.8, 4) is 0 Å². The molecule has 1 aliphatic rings. The number of benzene rings is 1. The lowest BCUT2D eigenvalue weighted by molar-refractivity contribution is 0.133. The molecule has 0 amide bonds. The summed E-state index contributed by atoms with van der Waals surface area (Å²) >= 11 is 1.82. The fourth-order valence-corrected chi connectivity index (χ4v) is 5.22. The summed E-state index contributed by atoms with van der Waals surface area (Å²) in [4.78, 5) is 1.37. The van der Waals surface area contributed by atoms with Crippen LogP contribution in [0.2, 0.25) is 0 Å². The van der Waals surface area contributed by atoms with E-state index in [0.29, 0.717) is 24.9 Å². The van der Waals surface area contributed by atoms with E-state index in [1.54, 1.807) is 0 Å². The Kier molecular flexibility index (Phi) is 7.01. The van der Waals surface area contributed by atoms with Crippen molar-refractivity contribution in [2.24, 2.45) is 0 Å². The minimum absolute atomic E-state index is 0.0394. The van der Waals surface area contributed by atoms with Gasteiger partial charge >= 0.3 is 0 Å². The van der Waals surface area contributed by atoms with Crippen molar-refractivity contribution in [2.45, 2.75) is 69.9 Å². The van der Waals surface area contributed by atoms with E-state index in [9.17, 15) is 13.9 Å². The SMILES string of the molecule is CCc1csc(C2(NC[C@@H](O)CCc3cc(F)cc(F)c3)CCCCC2)c1. The highest BCUT2D eigenvalue weighted by atomic mass is 32.1. The van der Waals surface area contributed by atoms with Crippen LogP contribution in [0.25, 0.3) is 0 Å². The van der Waals surface area contributed by atoms with E-state index in [2.05, 4.69) is 23.7 Å². The third kappa shape index (κ3) is 5.37. The summed E-state index contributed by atoms with van der Waals surface area (Å²) in [6.45, 7) is 2.67. The first kappa shape index (κ1) is 20.4. The number of hydrogen-bond acceptors (Lipinski definition) is 3. The van der Waals surface area contributed by atoms with E-state index in [0.717, 1.165) is 25.3 Å². The van der Waals surface area contributed by atoms with Gasteiger partial charge in [0.1, 0.15) is 11.6 Å². The van der Waals surface area contributed by atoms with Crippen molar-refractivity contribution >= 4 is 11.3 Å². The highest BCUT2D eigenvalue weighted by molar-refractivity contribution is 7.10. The first-order valence-electron chi connectivity index (χ1n) is 9.97. The molecule has 1 aliphatic carbocycles. The fourth-order valence-electron chi connectivity index (χ4n) is 3.98. The summed E-state index contributed by atoms with van der Waals surface area (Å²) in [5.41, 5.74) is 1.92. The maximum Gasteiger partial charge on any atom is 0.126 e. The minimum atomic E-state index is -0.566. The third-order valence-electron chi connectivity index (χ3n) is 5.61. The van der Waals surface area contributed by atoms with Gasteiger partial charge in [-0.05, 0) is 66.8 Å². The van der Waals surface area contributed by atoms with E-state index in [1.165, 1.54) is 41.8 Å². The topological polar surface area (TPSA) is 32.3 Å². The van der Waals surface area contributed by atoms with E-state index in [-0.39, 0.29) is 5.54 Å². The molecule has 1 aromatic heterocycles. The predicted molar refractivity (Wildman–Crippen MR) is 107 cm³/mol. The summed E-state index contributed by atoms with van der Waals surface area (Å²) in [6.07, 6.45) is 7.30. The van der Waals surface area contributed by atoms with Crippen LogP contribution >= 0.6 is 11.3 Å². The Balaban J connectivity index is 1.59. The molecule has 0 bridgehead atoms.